The molecular weight excluding hydrogens is 246 g/mol. The minimum Gasteiger partial charge on any atom is -0.481 e. The van der Waals surface area contributed by atoms with E-state index in [1.807, 2.05) is 6.07 Å². The predicted octanol–water partition coefficient (Wildman–Crippen LogP) is 1.92. The Morgan fingerprint density at radius 2 is 2.36 bits per heavy atom. The summed E-state index contributed by atoms with van der Waals surface area (Å²) in [5, 5.41) is 9.79. The van der Waals surface area contributed by atoms with Gasteiger partial charge < -0.3 is 9.84 Å². The van der Waals surface area contributed by atoms with Crippen molar-refractivity contribution in [3.8, 4) is 5.88 Å². The topological polar surface area (TPSA) is 42.4 Å². The second-order valence-electron chi connectivity index (χ2n) is 3.72. The van der Waals surface area contributed by atoms with Gasteiger partial charge in [0, 0.05) is 22.7 Å². The summed E-state index contributed by atoms with van der Waals surface area (Å²) in [4.78, 5) is 4.13. The monoisotopic (exact) mass is 257 g/mol. The summed E-state index contributed by atoms with van der Waals surface area (Å²) in [6.45, 7) is 0. The number of methoxy groups -OCH3 is 1. The van der Waals surface area contributed by atoms with Crippen molar-refractivity contribution in [1.29, 1.82) is 0 Å². The van der Waals surface area contributed by atoms with Crippen LogP contribution in [0.1, 0.15) is 18.4 Å². The molecule has 0 radical (unpaired) electrons. The fourth-order valence-corrected chi connectivity index (χ4v) is 1.83. The Bertz CT molecular complexity index is 350. The lowest BCUT2D eigenvalue weighted by molar-refractivity contribution is 0.149. The van der Waals surface area contributed by atoms with Gasteiger partial charge in [-0.25, -0.2) is 4.98 Å². The molecule has 14 heavy (non-hydrogen) atoms. The quantitative estimate of drug-likeness (QED) is 0.900. The first-order chi connectivity index (χ1) is 6.63. The maximum absolute atomic E-state index is 9.79. The van der Waals surface area contributed by atoms with E-state index in [9.17, 15) is 5.11 Å². The highest BCUT2D eigenvalue weighted by molar-refractivity contribution is 9.10. The molecule has 0 bridgehead atoms. The number of hydrogen-bond donors (Lipinski definition) is 1. The van der Waals surface area contributed by atoms with E-state index >= 15 is 0 Å². The summed E-state index contributed by atoms with van der Waals surface area (Å²) in [5.41, 5.74) is 0.456. The zero-order valence-corrected chi connectivity index (χ0v) is 9.54. The summed E-state index contributed by atoms with van der Waals surface area (Å²) in [7, 11) is 1.59. The Balaban J connectivity index is 2.25. The zero-order chi connectivity index (χ0) is 10.2. The highest BCUT2D eigenvalue weighted by Gasteiger charge is 2.41. The van der Waals surface area contributed by atoms with Crippen LogP contribution in [-0.4, -0.2) is 22.8 Å². The third kappa shape index (κ3) is 2.07. The van der Waals surface area contributed by atoms with Crippen LogP contribution in [0, 0.1) is 0 Å². The van der Waals surface area contributed by atoms with Crippen LogP contribution in [0.4, 0.5) is 0 Å². The number of nitrogens with zero attached hydrogens (tertiary/aromatic N) is 1. The minimum atomic E-state index is -0.504. The van der Waals surface area contributed by atoms with Gasteiger partial charge in [0.05, 0.1) is 12.7 Å². The van der Waals surface area contributed by atoms with Gasteiger partial charge in [0.15, 0.2) is 0 Å². The van der Waals surface area contributed by atoms with Crippen molar-refractivity contribution in [1.82, 2.24) is 4.98 Å². The Morgan fingerprint density at radius 3 is 2.93 bits per heavy atom. The van der Waals surface area contributed by atoms with E-state index in [4.69, 9.17) is 4.74 Å². The first kappa shape index (κ1) is 9.93. The Hall–Kier alpha value is -0.610. The molecule has 3 nitrogen and oxygen atoms in total. The molecule has 76 valence electrons. The van der Waals surface area contributed by atoms with E-state index in [1.54, 1.807) is 13.3 Å². The maximum atomic E-state index is 9.79. The number of aromatic nitrogens is 1. The van der Waals surface area contributed by atoms with Gasteiger partial charge in [0.2, 0.25) is 5.88 Å². The molecule has 1 aromatic rings. The van der Waals surface area contributed by atoms with Crippen LogP contribution in [0.2, 0.25) is 0 Å². The molecule has 1 aliphatic rings. The van der Waals surface area contributed by atoms with Crippen molar-refractivity contribution in [2.75, 3.05) is 7.11 Å². The smallest absolute Gasteiger partial charge is 0.216 e. The van der Waals surface area contributed by atoms with Crippen molar-refractivity contribution >= 4 is 15.9 Å². The highest BCUT2D eigenvalue weighted by Crippen LogP contribution is 2.40. The predicted molar refractivity (Wildman–Crippen MR) is 56.4 cm³/mol. The summed E-state index contributed by atoms with van der Waals surface area (Å²) < 4.78 is 6.05. The maximum Gasteiger partial charge on any atom is 0.216 e. The first-order valence-corrected chi connectivity index (χ1v) is 5.33. The Morgan fingerprint density at radius 1 is 1.64 bits per heavy atom. The van der Waals surface area contributed by atoms with E-state index in [0.29, 0.717) is 12.3 Å². The molecule has 0 saturated heterocycles. The SMILES string of the molecule is COc1ncc(Br)cc1CC1(O)CC1. The van der Waals surface area contributed by atoms with Crippen LogP contribution in [0.15, 0.2) is 16.7 Å². The molecule has 0 amide bonds. The molecular formula is C10H12BrNO2. The van der Waals surface area contributed by atoms with Gasteiger partial charge in [-0.2, -0.15) is 0 Å². The first-order valence-electron chi connectivity index (χ1n) is 4.54. The summed E-state index contributed by atoms with van der Waals surface area (Å²) in [5.74, 6) is 0.605. The zero-order valence-electron chi connectivity index (χ0n) is 7.96. The van der Waals surface area contributed by atoms with E-state index < -0.39 is 5.60 Å². The van der Waals surface area contributed by atoms with Gasteiger partial charge in [-0.1, -0.05) is 0 Å². The normalized spacial score (nSPS) is 17.9. The van der Waals surface area contributed by atoms with Gasteiger partial charge in [0.25, 0.3) is 0 Å². The van der Waals surface area contributed by atoms with Crippen LogP contribution in [0.25, 0.3) is 0 Å². The van der Waals surface area contributed by atoms with Crippen LogP contribution >= 0.6 is 15.9 Å². The largest absolute Gasteiger partial charge is 0.481 e. The van der Waals surface area contributed by atoms with Crippen LogP contribution in [0.3, 0.4) is 0 Å². The number of ether oxygens (including phenoxy) is 1. The minimum absolute atomic E-state index is 0.504. The third-order valence-electron chi connectivity index (χ3n) is 2.43. The molecule has 2 rings (SSSR count). The van der Waals surface area contributed by atoms with Gasteiger partial charge in [-0.3, -0.25) is 0 Å². The van der Waals surface area contributed by atoms with Gasteiger partial charge >= 0.3 is 0 Å². The third-order valence-corrected chi connectivity index (χ3v) is 2.87. The number of pyridine rings is 1. The average molecular weight is 258 g/mol. The summed E-state index contributed by atoms with van der Waals surface area (Å²) in [6, 6.07) is 1.95. The fourth-order valence-electron chi connectivity index (χ4n) is 1.45. The van der Waals surface area contributed by atoms with Crippen molar-refractivity contribution in [3.05, 3.63) is 22.3 Å². The van der Waals surface area contributed by atoms with Gasteiger partial charge in [-0.05, 0) is 34.8 Å². The number of halogens is 1. The van der Waals surface area contributed by atoms with E-state index in [2.05, 4.69) is 20.9 Å². The molecule has 0 spiro atoms. The lowest BCUT2D eigenvalue weighted by Crippen LogP contribution is -2.12. The van der Waals surface area contributed by atoms with E-state index in [0.717, 1.165) is 22.9 Å². The summed E-state index contributed by atoms with van der Waals surface area (Å²) in [6.07, 6.45) is 4.08. The molecule has 4 heteroatoms. The Labute approximate surface area is 91.2 Å². The van der Waals surface area contributed by atoms with Crippen molar-refractivity contribution in [3.63, 3.8) is 0 Å². The van der Waals surface area contributed by atoms with E-state index in [-0.39, 0.29) is 0 Å². The second-order valence-corrected chi connectivity index (χ2v) is 4.64. The van der Waals surface area contributed by atoms with Gasteiger partial charge in [-0.15, -0.1) is 0 Å². The van der Waals surface area contributed by atoms with E-state index in [1.165, 1.54) is 0 Å². The number of hydrogen-bond acceptors (Lipinski definition) is 3. The second kappa shape index (κ2) is 3.51. The fraction of sp³-hybridized carbons (Fsp3) is 0.500. The molecule has 1 aromatic heterocycles. The van der Waals surface area contributed by atoms with Crippen molar-refractivity contribution < 1.29 is 9.84 Å². The number of rotatable bonds is 3. The average Bonchev–Trinajstić information content (AvgIpc) is 2.84. The standard InChI is InChI=1S/C10H12BrNO2/c1-14-9-7(4-8(11)6-12-9)5-10(13)2-3-10/h4,6,13H,2-3,5H2,1H3. The van der Waals surface area contributed by atoms with Crippen molar-refractivity contribution in [2.45, 2.75) is 24.9 Å². The molecule has 0 aromatic carbocycles. The molecule has 1 heterocycles. The molecule has 1 N–H and O–H groups in total. The van der Waals surface area contributed by atoms with Gasteiger partial charge in [0.1, 0.15) is 0 Å². The van der Waals surface area contributed by atoms with Crippen LogP contribution in [0.5, 0.6) is 5.88 Å². The highest BCUT2D eigenvalue weighted by atomic mass is 79.9. The lowest BCUT2D eigenvalue weighted by atomic mass is 10.1. The Kier molecular flexibility index (Phi) is 2.49. The molecule has 0 atom stereocenters. The summed E-state index contributed by atoms with van der Waals surface area (Å²) >= 11 is 3.35. The molecule has 1 aliphatic carbocycles. The van der Waals surface area contributed by atoms with Crippen LogP contribution < -0.4 is 4.74 Å². The van der Waals surface area contributed by atoms with Crippen molar-refractivity contribution in [2.24, 2.45) is 0 Å². The molecule has 0 unspecified atom stereocenters. The van der Waals surface area contributed by atoms with Crippen LogP contribution in [-0.2, 0) is 6.42 Å². The molecule has 1 fully saturated rings. The lowest BCUT2D eigenvalue weighted by Gasteiger charge is -2.10. The molecule has 1 saturated carbocycles. The number of aliphatic hydroxyl groups is 1. The molecule has 0 aliphatic heterocycles.